The minimum absolute atomic E-state index is 0.0419. The Morgan fingerprint density at radius 2 is 2.24 bits per heavy atom. The Kier molecular flexibility index (Phi) is 1.04. The largest absolute Gasteiger partial charge is 0.454 e. The zero-order valence-corrected chi connectivity index (χ0v) is 8.65. The van der Waals surface area contributed by atoms with Gasteiger partial charge in [0.2, 0.25) is 6.75 Å². The van der Waals surface area contributed by atoms with Gasteiger partial charge in [0.05, 0.1) is 7.47 Å². The van der Waals surface area contributed by atoms with Crippen molar-refractivity contribution in [2.45, 2.75) is 26.7 Å². The third kappa shape index (κ3) is 2.80. The number of benzene rings is 1. The van der Waals surface area contributed by atoms with Gasteiger partial charge in [0, 0.05) is 12.3 Å². The van der Waals surface area contributed by atoms with E-state index >= 15 is 0 Å². The predicted octanol–water partition coefficient (Wildman–Crippen LogP) is 2.84. The summed E-state index contributed by atoms with van der Waals surface area (Å²) in [6, 6.07) is 2.85. The van der Waals surface area contributed by atoms with Crippen molar-refractivity contribution >= 4 is 6.08 Å². The molecular formula is C14H18O3. The molecule has 17 heavy (non-hydrogen) atoms. The normalized spacial score (nSPS) is 32.6. The van der Waals surface area contributed by atoms with Crippen molar-refractivity contribution in [3.8, 4) is 11.5 Å². The summed E-state index contributed by atoms with van der Waals surface area (Å²) in [6.45, 7) is -13.4. The van der Waals surface area contributed by atoms with E-state index in [9.17, 15) is 5.11 Å². The smallest absolute Gasteiger partial charge is 0.231 e. The maximum absolute atomic E-state index is 10.5. The fourth-order valence-corrected chi connectivity index (χ4v) is 1.19. The molecule has 1 atom stereocenters. The van der Waals surface area contributed by atoms with Gasteiger partial charge in [-0.15, -0.1) is 0 Å². The van der Waals surface area contributed by atoms with Gasteiger partial charge in [-0.05, 0) is 23.1 Å². The molecule has 2 rings (SSSR count). The van der Waals surface area contributed by atoms with E-state index in [1.165, 1.54) is 18.2 Å². The van der Waals surface area contributed by atoms with E-state index in [0.717, 1.165) is 6.08 Å². The highest BCUT2D eigenvalue weighted by Crippen LogP contribution is 2.33. The SMILES string of the molecule is [2H]/C(=C\c1ccc2c(c1)OC([2H])([2H])O2)C(O)C(C([2H])([2H])[2H])(C([2H])([2H])[2H])C([2H])([2H])[2H]. The molecule has 0 aromatic heterocycles. The van der Waals surface area contributed by atoms with E-state index < -0.39 is 44.9 Å². The number of aliphatic hydroxyl groups excluding tert-OH is 1. The van der Waals surface area contributed by atoms with Crippen LogP contribution in [0.1, 0.15) is 42.6 Å². The van der Waals surface area contributed by atoms with E-state index in [1.807, 2.05) is 0 Å². The van der Waals surface area contributed by atoms with Gasteiger partial charge >= 0.3 is 0 Å². The van der Waals surface area contributed by atoms with Crippen LogP contribution >= 0.6 is 0 Å². The summed E-state index contributed by atoms with van der Waals surface area (Å²) in [5.41, 5.74) is -3.50. The molecule has 0 aliphatic carbocycles. The average molecular weight is 246 g/mol. The van der Waals surface area contributed by atoms with Crippen LogP contribution in [0.4, 0.5) is 0 Å². The zero-order valence-electron chi connectivity index (χ0n) is 20.7. The van der Waals surface area contributed by atoms with Gasteiger partial charge in [0.15, 0.2) is 11.5 Å². The van der Waals surface area contributed by atoms with Crippen LogP contribution in [0.2, 0.25) is 0 Å². The van der Waals surface area contributed by atoms with E-state index in [2.05, 4.69) is 0 Å². The fourth-order valence-electron chi connectivity index (χ4n) is 1.19. The summed E-state index contributed by atoms with van der Waals surface area (Å²) in [6.07, 6.45) is -1.81. The second-order valence-corrected chi connectivity index (χ2v) is 3.52. The van der Waals surface area contributed by atoms with Crippen molar-refractivity contribution in [2.75, 3.05) is 6.75 Å². The van der Waals surface area contributed by atoms with E-state index in [4.69, 9.17) is 25.9 Å². The first kappa shape index (κ1) is 4.02. The van der Waals surface area contributed by atoms with Crippen LogP contribution in [0.15, 0.2) is 24.3 Å². The van der Waals surface area contributed by atoms with E-state index in [-0.39, 0.29) is 17.1 Å². The summed E-state index contributed by atoms with van der Waals surface area (Å²) < 4.78 is 101. The summed E-state index contributed by atoms with van der Waals surface area (Å²) in [4.78, 5) is 0. The fraction of sp³-hybridized carbons (Fsp3) is 0.429. The maximum Gasteiger partial charge on any atom is 0.231 e. The Hall–Kier alpha value is -1.48. The van der Waals surface area contributed by atoms with Crippen molar-refractivity contribution < 1.29 is 31.0 Å². The third-order valence-corrected chi connectivity index (χ3v) is 2.09. The minimum Gasteiger partial charge on any atom is -0.454 e. The summed E-state index contributed by atoms with van der Waals surface area (Å²) >= 11 is 0. The highest BCUT2D eigenvalue weighted by Gasteiger charge is 2.19. The van der Waals surface area contributed by atoms with Crippen LogP contribution in [-0.4, -0.2) is 18.0 Å². The van der Waals surface area contributed by atoms with Crippen molar-refractivity contribution in [1.82, 2.24) is 0 Å². The topological polar surface area (TPSA) is 38.7 Å². The number of hydrogen-bond acceptors (Lipinski definition) is 3. The Bertz CT molecular complexity index is 769. The molecule has 1 aliphatic heterocycles. The van der Waals surface area contributed by atoms with Gasteiger partial charge in [-0.3, -0.25) is 0 Å². The molecule has 1 aromatic carbocycles. The summed E-state index contributed by atoms with van der Waals surface area (Å²) in [7, 11) is 0. The standard InChI is InChI=1S/C14H18O3/c1-14(2,3)13(15)7-5-10-4-6-11-12(8-10)17-9-16-11/h4-8,13,15H,9H2,1-3H3/b7-5+/i1D3,2D3,3D3,7D,9D2. The van der Waals surface area contributed by atoms with Gasteiger partial charge in [0.25, 0.3) is 0 Å². The molecule has 0 radical (unpaired) electrons. The molecule has 0 saturated heterocycles. The molecule has 0 fully saturated rings. The second-order valence-electron chi connectivity index (χ2n) is 3.52. The number of ether oxygens (including phenoxy) is 2. The van der Waals surface area contributed by atoms with Crippen LogP contribution in [0.25, 0.3) is 6.08 Å². The molecule has 0 saturated carbocycles. The number of aliphatic hydroxyl groups is 1. The molecular weight excluding hydrogens is 216 g/mol. The molecule has 1 aliphatic rings. The Morgan fingerprint density at radius 3 is 3.00 bits per heavy atom. The van der Waals surface area contributed by atoms with Crippen LogP contribution in [0, 0.1) is 5.41 Å². The zero-order chi connectivity index (χ0) is 22.6. The average Bonchev–Trinajstić information content (AvgIpc) is 2.75. The molecule has 0 amide bonds. The van der Waals surface area contributed by atoms with Gasteiger partial charge in [-0.2, -0.15) is 0 Å². The van der Waals surface area contributed by atoms with Crippen LogP contribution in [0.3, 0.4) is 0 Å². The first-order valence-corrected chi connectivity index (χ1v) is 4.72. The van der Waals surface area contributed by atoms with E-state index in [0.29, 0.717) is 0 Å². The van der Waals surface area contributed by atoms with Crippen molar-refractivity contribution in [3.63, 3.8) is 0 Å². The lowest BCUT2D eigenvalue weighted by Gasteiger charge is -2.22. The van der Waals surface area contributed by atoms with E-state index in [1.54, 1.807) is 0 Å². The van der Waals surface area contributed by atoms with Crippen LogP contribution in [0.5, 0.6) is 11.5 Å². The lowest BCUT2D eigenvalue weighted by atomic mass is 9.89. The van der Waals surface area contributed by atoms with Crippen LogP contribution in [-0.2, 0) is 0 Å². The predicted molar refractivity (Wildman–Crippen MR) is 67.1 cm³/mol. The lowest BCUT2D eigenvalue weighted by Crippen LogP contribution is -2.23. The van der Waals surface area contributed by atoms with Gasteiger partial charge < -0.3 is 14.6 Å². The molecule has 1 aromatic rings. The number of fused-ring (bicyclic) bond motifs is 1. The number of hydrogen-bond donors (Lipinski definition) is 1. The highest BCUT2D eigenvalue weighted by molar-refractivity contribution is 5.56. The Labute approximate surface area is 119 Å². The lowest BCUT2D eigenvalue weighted by molar-refractivity contribution is 0.106. The molecule has 3 nitrogen and oxygen atoms in total. The van der Waals surface area contributed by atoms with Crippen molar-refractivity contribution in [1.29, 1.82) is 0 Å². The Balaban J connectivity index is 2.54. The number of rotatable bonds is 2. The first-order valence-electron chi connectivity index (χ1n) is 10.7. The monoisotopic (exact) mass is 246 g/mol. The van der Waals surface area contributed by atoms with Crippen molar-refractivity contribution in [3.05, 3.63) is 29.8 Å². The molecule has 1 heterocycles. The summed E-state index contributed by atoms with van der Waals surface area (Å²) in [5.74, 6) is 0.0146. The second kappa shape index (κ2) is 4.41. The summed E-state index contributed by atoms with van der Waals surface area (Å²) in [5, 5.41) is 10.5. The van der Waals surface area contributed by atoms with Gasteiger partial charge in [0.1, 0.15) is 2.74 Å². The van der Waals surface area contributed by atoms with Crippen LogP contribution < -0.4 is 9.47 Å². The minimum atomic E-state index is -3.66. The quantitative estimate of drug-likeness (QED) is 0.872. The van der Waals surface area contributed by atoms with Gasteiger partial charge in [-0.25, -0.2) is 0 Å². The highest BCUT2D eigenvalue weighted by atomic mass is 16.7. The third-order valence-electron chi connectivity index (χ3n) is 2.09. The Morgan fingerprint density at radius 1 is 1.47 bits per heavy atom. The molecule has 92 valence electrons. The molecule has 3 heteroatoms. The first-order chi connectivity index (χ1) is 12.8. The van der Waals surface area contributed by atoms with Gasteiger partial charge in [-0.1, -0.05) is 38.8 Å². The molecule has 0 bridgehead atoms. The van der Waals surface area contributed by atoms with Crippen molar-refractivity contribution in [2.24, 2.45) is 5.41 Å². The molecule has 1 N–H and O–H groups in total. The maximum atomic E-state index is 10.5. The molecule has 1 unspecified atom stereocenters. The molecule has 0 spiro atoms.